The average Bonchev–Trinajstić information content (AvgIpc) is 2.70. The third-order valence-electron chi connectivity index (χ3n) is 3.85. The van der Waals surface area contributed by atoms with Crippen molar-refractivity contribution in [3.63, 3.8) is 0 Å². The van der Waals surface area contributed by atoms with E-state index in [9.17, 15) is 4.79 Å². The summed E-state index contributed by atoms with van der Waals surface area (Å²) in [7, 11) is 0. The van der Waals surface area contributed by atoms with Crippen molar-refractivity contribution in [2.75, 3.05) is 11.9 Å². The van der Waals surface area contributed by atoms with Gasteiger partial charge < -0.3 is 10.1 Å². The maximum atomic E-state index is 12.6. The third-order valence-corrected chi connectivity index (χ3v) is 5.06. The molecule has 0 spiro atoms. The van der Waals surface area contributed by atoms with Crippen molar-refractivity contribution in [3.05, 3.63) is 76.6 Å². The molecule has 1 amide bonds. The smallest absolute Gasteiger partial charge is 0.275 e. The van der Waals surface area contributed by atoms with E-state index in [1.54, 1.807) is 24.3 Å². The van der Waals surface area contributed by atoms with Gasteiger partial charge in [-0.05, 0) is 43.7 Å². The molecule has 144 valence electrons. The normalized spacial score (nSPS) is 10.5. The van der Waals surface area contributed by atoms with Crippen molar-refractivity contribution < 1.29 is 9.53 Å². The Kier molecular flexibility index (Phi) is 6.90. The maximum Gasteiger partial charge on any atom is 0.275 e. The molecule has 0 atom stereocenters. The predicted octanol–water partition coefficient (Wildman–Crippen LogP) is 5.38. The van der Waals surface area contributed by atoms with Crippen molar-refractivity contribution in [1.29, 1.82) is 0 Å². The number of thioether (sulfide) groups is 1. The summed E-state index contributed by atoms with van der Waals surface area (Å²) in [6.45, 7) is 4.56. The van der Waals surface area contributed by atoms with Crippen LogP contribution in [-0.2, 0) is 5.75 Å². The van der Waals surface area contributed by atoms with Gasteiger partial charge in [-0.25, -0.2) is 9.97 Å². The molecule has 0 aliphatic heterocycles. The molecule has 0 bridgehead atoms. The first kappa shape index (κ1) is 20.2. The molecule has 0 aliphatic carbocycles. The maximum absolute atomic E-state index is 12.6. The van der Waals surface area contributed by atoms with Crippen molar-refractivity contribution in [1.82, 2.24) is 9.97 Å². The molecule has 0 saturated carbocycles. The number of amides is 1. The molecule has 2 aromatic carbocycles. The molecular weight excluding hydrogens is 394 g/mol. The summed E-state index contributed by atoms with van der Waals surface area (Å²) >= 11 is 7.60. The van der Waals surface area contributed by atoms with Gasteiger partial charge in [0.1, 0.15) is 5.75 Å². The fourth-order valence-corrected chi connectivity index (χ4v) is 3.35. The standard InChI is InChI=1S/C21H20ClN3O2S/c1-3-27-17-10-8-16(9-11-17)24-20(26)19-18(22)12-23-21(25-19)28-13-15-6-4-14(2)5-7-15/h4-12H,3,13H2,1-2H3,(H,24,26). The van der Waals surface area contributed by atoms with Crippen LogP contribution in [0.4, 0.5) is 5.69 Å². The second kappa shape index (κ2) is 9.57. The number of hydrogen-bond acceptors (Lipinski definition) is 5. The van der Waals surface area contributed by atoms with Crippen LogP contribution in [0.5, 0.6) is 5.75 Å². The number of aryl methyl sites for hydroxylation is 1. The number of carbonyl (C=O) groups is 1. The van der Waals surface area contributed by atoms with E-state index in [-0.39, 0.29) is 16.6 Å². The van der Waals surface area contributed by atoms with Gasteiger partial charge >= 0.3 is 0 Å². The zero-order chi connectivity index (χ0) is 19.9. The van der Waals surface area contributed by atoms with Crippen LogP contribution in [-0.4, -0.2) is 22.5 Å². The summed E-state index contributed by atoms with van der Waals surface area (Å²) in [5.74, 6) is 1.08. The van der Waals surface area contributed by atoms with Crippen LogP contribution in [0.1, 0.15) is 28.5 Å². The Morgan fingerprint density at radius 3 is 2.54 bits per heavy atom. The van der Waals surface area contributed by atoms with Crippen molar-refractivity contribution in [3.8, 4) is 5.75 Å². The second-order valence-electron chi connectivity index (χ2n) is 6.03. The molecule has 0 aliphatic rings. The van der Waals surface area contributed by atoms with Crippen molar-refractivity contribution in [2.24, 2.45) is 0 Å². The summed E-state index contributed by atoms with van der Waals surface area (Å²) in [6, 6.07) is 15.4. The zero-order valence-corrected chi connectivity index (χ0v) is 17.2. The van der Waals surface area contributed by atoms with Gasteiger partial charge in [-0.2, -0.15) is 0 Å². The molecule has 0 fully saturated rings. The van der Waals surface area contributed by atoms with Gasteiger partial charge in [0, 0.05) is 11.4 Å². The number of halogens is 1. The Hall–Kier alpha value is -2.57. The minimum atomic E-state index is -0.381. The molecule has 0 saturated heterocycles. The van der Waals surface area contributed by atoms with E-state index < -0.39 is 0 Å². The first-order valence-corrected chi connectivity index (χ1v) is 10.2. The van der Waals surface area contributed by atoms with Crippen LogP contribution < -0.4 is 10.1 Å². The lowest BCUT2D eigenvalue weighted by Gasteiger charge is -2.09. The monoisotopic (exact) mass is 413 g/mol. The topological polar surface area (TPSA) is 64.1 Å². The molecule has 1 N–H and O–H groups in total. The molecule has 5 nitrogen and oxygen atoms in total. The fourth-order valence-electron chi connectivity index (χ4n) is 2.40. The molecule has 0 unspecified atom stereocenters. The molecule has 1 aromatic heterocycles. The number of ether oxygens (including phenoxy) is 1. The predicted molar refractivity (Wildman–Crippen MR) is 113 cm³/mol. The van der Waals surface area contributed by atoms with E-state index in [1.165, 1.54) is 23.5 Å². The Balaban J connectivity index is 1.67. The summed E-state index contributed by atoms with van der Waals surface area (Å²) in [5.41, 5.74) is 3.16. The van der Waals surface area contributed by atoms with Gasteiger partial charge in [0.15, 0.2) is 10.9 Å². The highest BCUT2D eigenvalue weighted by molar-refractivity contribution is 7.98. The zero-order valence-electron chi connectivity index (χ0n) is 15.6. The number of aromatic nitrogens is 2. The Morgan fingerprint density at radius 1 is 1.14 bits per heavy atom. The summed E-state index contributed by atoms with van der Waals surface area (Å²) in [6.07, 6.45) is 1.46. The van der Waals surface area contributed by atoms with E-state index >= 15 is 0 Å². The number of rotatable bonds is 7. The lowest BCUT2D eigenvalue weighted by atomic mass is 10.2. The summed E-state index contributed by atoms with van der Waals surface area (Å²) < 4.78 is 5.40. The molecule has 3 rings (SSSR count). The highest BCUT2D eigenvalue weighted by atomic mass is 35.5. The Morgan fingerprint density at radius 2 is 1.86 bits per heavy atom. The second-order valence-corrected chi connectivity index (χ2v) is 7.38. The molecular formula is C21H20ClN3O2S. The van der Waals surface area contributed by atoms with E-state index in [1.807, 2.05) is 6.92 Å². The van der Waals surface area contributed by atoms with E-state index in [2.05, 4.69) is 46.5 Å². The highest BCUT2D eigenvalue weighted by Gasteiger charge is 2.15. The van der Waals surface area contributed by atoms with Gasteiger partial charge in [-0.1, -0.05) is 53.2 Å². The largest absolute Gasteiger partial charge is 0.494 e. The Bertz CT molecular complexity index is 947. The van der Waals surface area contributed by atoms with Crippen LogP contribution in [0, 0.1) is 6.92 Å². The van der Waals surface area contributed by atoms with Crippen LogP contribution in [0.15, 0.2) is 59.9 Å². The minimum absolute atomic E-state index is 0.150. The molecule has 7 heteroatoms. The fraction of sp³-hybridized carbons (Fsp3) is 0.190. The van der Waals surface area contributed by atoms with E-state index in [4.69, 9.17) is 16.3 Å². The highest BCUT2D eigenvalue weighted by Crippen LogP contribution is 2.23. The van der Waals surface area contributed by atoms with Gasteiger partial charge in [0.05, 0.1) is 17.8 Å². The molecule has 0 radical (unpaired) electrons. The molecule has 28 heavy (non-hydrogen) atoms. The van der Waals surface area contributed by atoms with Gasteiger partial charge in [0.2, 0.25) is 0 Å². The number of benzene rings is 2. The molecule has 3 aromatic rings. The quantitative estimate of drug-likeness (QED) is 0.416. The number of anilines is 1. The lowest BCUT2D eigenvalue weighted by molar-refractivity contribution is 0.102. The first-order chi connectivity index (χ1) is 13.5. The van der Waals surface area contributed by atoms with E-state index in [0.29, 0.717) is 23.2 Å². The van der Waals surface area contributed by atoms with Crippen molar-refractivity contribution >= 4 is 35.0 Å². The summed E-state index contributed by atoms with van der Waals surface area (Å²) in [5, 5.41) is 3.51. The van der Waals surface area contributed by atoms with Crippen LogP contribution in [0.25, 0.3) is 0 Å². The van der Waals surface area contributed by atoms with Crippen molar-refractivity contribution in [2.45, 2.75) is 24.8 Å². The van der Waals surface area contributed by atoms with Crippen LogP contribution >= 0.6 is 23.4 Å². The van der Waals surface area contributed by atoms with Gasteiger partial charge in [-0.15, -0.1) is 0 Å². The van der Waals surface area contributed by atoms with Crippen LogP contribution in [0.3, 0.4) is 0 Å². The Labute approximate surface area is 173 Å². The van der Waals surface area contributed by atoms with E-state index in [0.717, 1.165) is 11.3 Å². The van der Waals surface area contributed by atoms with Gasteiger partial charge in [0.25, 0.3) is 5.91 Å². The first-order valence-electron chi connectivity index (χ1n) is 8.80. The minimum Gasteiger partial charge on any atom is -0.494 e. The lowest BCUT2D eigenvalue weighted by Crippen LogP contribution is -2.15. The number of carbonyl (C=O) groups excluding carboxylic acids is 1. The number of hydrogen-bond donors (Lipinski definition) is 1. The molecule has 1 heterocycles. The third kappa shape index (κ3) is 5.47. The number of nitrogens with one attached hydrogen (secondary N) is 1. The SMILES string of the molecule is CCOc1ccc(NC(=O)c2nc(SCc3ccc(C)cc3)ncc2Cl)cc1. The summed E-state index contributed by atoms with van der Waals surface area (Å²) in [4.78, 5) is 21.1. The van der Waals surface area contributed by atoms with Gasteiger partial charge in [-0.3, -0.25) is 4.79 Å². The average molecular weight is 414 g/mol. The number of nitrogens with zero attached hydrogens (tertiary/aromatic N) is 2. The van der Waals surface area contributed by atoms with Crippen LogP contribution in [0.2, 0.25) is 5.02 Å².